The molecule has 0 radical (unpaired) electrons. The number of carbonyl (C=O) groups is 1. The van der Waals surface area contributed by atoms with Gasteiger partial charge in [0, 0.05) is 17.9 Å². The van der Waals surface area contributed by atoms with Crippen LogP contribution in [0.1, 0.15) is 102 Å². The number of anilines is 1. The molecule has 1 amide bonds. The van der Waals surface area contributed by atoms with Crippen molar-refractivity contribution in [3.8, 4) is 17.2 Å². The first-order chi connectivity index (χ1) is 18.5. The Morgan fingerprint density at radius 1 is 0.789 bits per heavy atom. The Labute approximate surface area is 239 Å². The number of unbranched alkanes of at least 4 members (excludes halogenated alkanes) is 11. The van der Waals surface area contributed by atoms with E-state index in [1.807, 2.05) is 36.4 Å². The first-order valence-corrected chi connectivity index (χ1v) is 15.5. The lowest BCUT2D eigenvalue weighted by molar-refractivity contribution is -0.116. The van der Waals surface area contributed by atoms with Gasteiger partial charge in [0.15, 0.2) is 11.5 Å². The lowest BCUT2D eigenvalue weighted by atomic mass is 10.1. The van der Waals surface area contributed by atoms with Crippen LogP contribution in [0.5, 0.6) is 17.2 Å². The number of hydrogen-bond acceptors (Lipinski definition) is 4. The van der Waals surface area contributed by atoms with E-state index in [-0.39, 0.29) is 5.91 Å². The van der Waals surface area contributed by atoms with E-state index in [1.54, 1.807) is 26.0 Å². The van der Waals surface area contributed by atoms with Gasteiger partial charge in [0.25, 0.3) is 0 Å². The van der Waals surface area contributed by atoms with E-state index >= 15 is 0 Å². The highest BCUT2D eigenvalue weighted by molar-refractivity contribution is 9.08. The van der Waals surface area contributed by atoms with Gasteiger partial charge in [-0.1, -0.05) is 106 Å². The van der Waals surface area contributed by atoms with E-state index < -0.39 is 0 Å². The third kappa shape index (κ3) is 11.3. The minimum atomic E-state index is -0.0260. The number of benzene rings is 2. The number of rotatable bonds is 20. The van der Waals surface area contributed by atoms with Crippen molar-refractivity contribution in [3.05, 3.63) is 47.5 Å². The summed E-state index contributed by atoms with van der Waals surface area (Å²) in [6.07, 6.45) is 15.7. The Bertz CT molecular complexity index is 924. The molecule has 0 saturated carbocycles. The predicted octanol–water partition coefficient (Wildman–Crippen LogP) is 9.23. The number of alkyl halides is 1. The quantitative estimate of drug-likeness (QED) is 0.114. The van der Waals surface area contributed by atoms with Crippen LogP contribution in [0.25, 0.3) is 0 Å². The van der Waals surface area contributed by atoms with Crippen LogP contribution < -0.4 is 19.1 Å². The van der Waals surface area contributed by atoms with Crippen LogP contribution >= 0.6 is 15.9 Å². The van der Waals surface area contributed by atoms with Gasteiger partial charge in [-0.2, -0.15) is 0 Å². The monoisotopic (exact) mass is 589 g/mol. The van der Waals surface area contributed by atoms with Crippen LogP contribution in [0.2, 0.25) is 0 Å². The fraction of sp³-hybridized carbons (Fsp3) is 0.594. The average Bonchev–Trinajstić information content (AvgIpc) is 2.94. The van der Waals surface area contributed by atoms with Crippen molar-refractivity contribution in [3.63, 3.8) is 0 Å². The van der Waals surface area contributed by atoms with Gasteiger partial charge in [-0.15, -0.1) is 0 Å². The van der Waals surface area contributed by atoms with Crippen LogP contribution in [0.3, 0.4) is 0 Å². The smallest absolute Gasteiger partial charge is 0.224 e. The minimum Gasteiger partial charge on any atom is -0.493 e. The number of halogens is 1. The third-order valence-electron chi connectivity index (χ3n) is 6.86. The largest absolute Gasteiger partial charge is 0.493 e. The van der Waals surface area contributed by atoms with Crippen LogP contribution in [0, 0.1) is 0 Å². The average molecular weight is 591 g/mol. The maximum atomic E-state index is 12.5. The molecular formula is C32H48BrNO4. The maximum absolute atomic E-state index is 12.5. The number of nitrogens with zero attached hydrogens (tertiary/aromatic N) is 1. The summed E-state index contributed by atoms with van der Waals surface area (Å²) >= 11 is 3.50. The molecule has 0 unspecified atom stereocenters. The molecule has 0 aliphatic rings. The molecule has 0 atom stereocenters. The zero-order valence-electron chi connectivity index (χ0n) is 24.0. The van der Waals surface area contributed by atoms with Crippen molar-refractivity contribution in [1.82, 2.24) is 0 Å². The summed E-state index contributed by atoms with van der Waals surface area (Å²) in [5.41, 5.74) is 2.89. The highest BCUT2D eigenvalue weighted by atomic mass is 79.9. The number of amides is 1. The van der Waals surface area contributed by atoms with E-state index in [9.17, 15) is 4.79 Å². The molecule has 38 heavy (non-hydrogen) atoms. The maximum Gasteiger partial charge on any atom is 0.224 e. The number of ether oxygens (including phenoxy) is 3. The van der Waals surface area contributed by atoms with Crippen LogP contribution in [-0.2, 0) is 16.7 Å². The molecule has 0 bridgehead atoms. The summed E-state index contributed by atoms with van der Waals surface area (Å²) in [6.45, 7) is 4.89. The first kappa shape index (κ1) is 32.0. The van der Waals surface area contributed by atoms with Gasteiger partial charge in [0.1, 0.15) is 0 Å². The van der Waals surface area contributed by atoms with Gasteiger partial charge in [0.2, 0.25) is 11.7 Å². The van der Waals surface area contributed by atoms with Gasteiger partial charge in [-0.3, -0.25) is 4.79 Å². The molecule has 0 fully saturated rings. The molecule has 0 aliphatic carbocycles. The zero-order valence-corrected chi connectivity index (χ0v) is 25.6. The van der Waals surface area contributed by atoms with E-state index in [0.717, 1.165) is 28.6 Å². The van der Waals surface area contributed by atoms with Crippen molar-refractivity contribution < 1.29 is 19.0 Å². The van der Waals surface area contributed by atoms with Gasteiger partial charge in [-0.05, 0) is 41.8 Å². The molecule has 0 heterocycles. The topological polar surface area (TPSA) is 48.0 Å². The standard InChI is InChI=1S/C32H48BrNO4/c1-5-6-7-8-9-10-11-12-13-14-15-16-20-38-32-30(36-3)22-28(23-31(32)37-4)25-34(26(2)35)29-19-17-18-27(21-29)24-33/h17-19,21-23H,5-16,20,24-25H2,1-4H3. The van der Waals surface area contributed by atoms with E-state index in [1.165, 1.54) is 70.6 Å². The Morgan fingerprint density at radius 2 is 1.34 bits per heavy atom. The second-order valence-corrected chi connectivity index (χ2v) is 10.5. The van der Waals surface area contributed by atoms with Crippen molar-refractivity contribution in [2.45, 2.75) is 103 Å². The van der Waals surface area contributed by atoms with Crippen molar-refractivity contribution in [2.75, 3.05) is 25.7 Å². The van der Waals surface area contributed by atoms with Crippen LogP contribution in [0.4, 0.5) is 5.69 Å². The number of methoxy groups -OCH3 is 2. The fourth-order valence-electron chi connectivity index (χ4n) is 4.66. The summed E-state index contributed by atoms with van der Waals surface area (Å²) in [5.74, 6) is 1.84. The van der Waals surface area contributed by atoms with Gasteiger partial charge in [0.05, 0.1) is 27.4 Å². The highest BCUT2D eigenvalue weighted by Gasteiger charge is 2.18. The number of carbonyl (C=O) groups excluding carboxylic acids is 1. The molecule has 6 heteroatoms. The normalized spacial score (nSPS) is 10.9. The third-order valence-corrected chi connectivity index (χ3v) is 7.51. The first-order valence-electron chi connectivity index (χ1n) is 14.3. The minimum absolute atomic E-state index is 0.0260. The molecule has 0 aromatic heterocycles. The summed E-state index contributed by atoms with van der Waals surface area (Å²) in [6, 6.07) is 11.8. The number of hydrogen-bond donors (Lipinski definition) is 0. The van der Waals surface area contributed by atoms with Crippen molar-refractivity contribution in [1.29, 1.82) is 0 Å². The molecule has 0 N–H and O–H groups in total. The Morgan fingerprint density at radius 3 is 1.84 bits per heavy atom. The summed E-state index contributed by atoms with van der Waals surface area (Å²) in [5, 5.41) is 0.736. The van der Waals surface area contributed by atoms with Crippen LogP contribution in [0.15, 0.2) is 36.4 Å². The van der Waals surface area contributed by atoms with Gasteiger partial charge >= 0.3 is 0 Å². The highest BCUT2D eigenvalue weighted by Crippen LogP contribution is 2.39. The van der Waals surface area contributed by atoms with Crippen LogP contribution in [-0.4, -0.2) is 26.7 Å². The lowest BCUT2D eigenvalue weighted by Crippen LogP contribution is -2.27. The van der Waals surface area contributed by atoms with Gasteiger partial charge < -0.3 is 19.1 Å². The Kier molecular flexibility index (Phi) is 16.0. The lowest BCUT2D eigenvalue weighted by Gasteiger charge is -2.23. The molecular weight excluding hydrogens is 542 g/mol. The molecule has 2 aromatic rings. The van der Waals surface area contributed by atoms with Gasteiger partial charge in [-0.25, -0.2) is 0 Å². The van der Waals surface area contributed by atoms with Crippen molar-refractivity contribution >= 4 is 27.5 Å². The second-order valence-electron chi connectivity index (χ2n) is 9.98. The molecule has 0 spiro atoms. The van der Waals surface area contributed by atoms with Crippen molar-refractivity contribution in [2.24, 2.45) is 0 Å². The SMILES string of the molecule is CCCCCCCCCCCCCCOc1c(OC)cc(CN(C(C)=O)c2cccc(CBr)c2)cc1OC. The molecule has 5 nitrogen and oxygen atoms in total. The Hall–Kier alpha value is -2.21. The molecule has 212 valence electrons. The van der Waals surface area contributed by atoms with E-state index in [2.05, 4.69) is 22.9 Å². The summed E-state index contributed by atoms with van der Waals surface area (Å²) in [7, 11) is 3.27. The molecule has 2 rings (SSSR count). The fourth-order valence-corrected chi connectivity index (χ4v) is 5.01. The van der Waals surface area contributed by atoms with E-state index in [0.29, 0.717) is 30.4 Å². The molecule has 0 aliphatic heterocycles. The zero-order chi connectivity index (χ0) is 27.6. The molecule has 2 aromatic carbocycles. The molecule has 0 saturated heterocycles. The summed E-state index contributed by atoms with van der Waals surface area (Å²) in [4.78, 5) is 14.3. The predicted molar refractivity (Wildman–Crippen MR) is 162 cm³/mol. The second kappa shape index (κ2) is 18.9. The van der Waals surface area contributed by atoms with E-state index in [4.69, 9.17) is 14.2 Å². The Balaban J connectivity index is 1.85. The summed E-state index contributed by atoms with van der Waals surface area (Å²) < 4.78 is 17.5.